The van der Waals surface area contributed by atoms with Gasteiger partial charge in [0.15, 0.2) is 0 Å². The summed E-state index contributed by atoms with van der Waals surface area (Å²) in [4.78, 5) is 0. The third kappa shape index (κ3) is 1.74. The zero-order valence-corrected chi connectivity index (χ0v) is 12.9. The van der Waals surface area contributed by atoms with Gasteiger partial charge in [-0.15, -0.1) is 0 Å². The minimum atomic E-state index is 0.503. The van der Waals surface area contributed by atoms with Crippen molar-refractivity contribution < 1.29 is 0 Å². The average molecular weight is 276 g/mol. The van der Waals surface area contributed by atoms with E-state index >= 15 is 0 Å². The van der Waals surface area contributed by atoms with Crippen LogP contribution in [-0.2, 0) is 5.41 Å². The molecule has 0 aliphatic heterocycles. The highest BCUT2D eigenvalue weighted by Gasteiger charge is 2.56. The van der Waals surface area contributed by atoms with E-state index in [2.05, 4.69) is 49.4 Å². The lowest BCUT2D eigenvalue weighted by atomic mass is 9.43. The maximum atomic E-state index is 2.57. The topological polar surface area (TPSA) is 0 Å². The fourth-order valence-corrected chi connectivity index (χ4v) is 6.58. The first-order valence-electron chi connectivity index (χ1n) is 8.64. The van der Waals surface area contributed by atoms with Gasteiger partial charge in [-0.3, -0.25) is 0 Å². The Morgan fingerprint density at radius 1 is 0.857 bits per heavy atom. The average Bonchev–Trinajstić information content (AvgIpc) is 2.44. The fraction of sp³-hybridized carbons (Fsp3) is 0.524. The summed E-state index contributed by atoms with van der Waals surface area (Å²) < 4.78 is 0. The van der Waals surface area contributed by atoms with Gasteiger partial charge in [0.05, 0.1) is 0 Å². The lowest BCUT2D eigenvalue weighted by Gasteiger charge is -2.61. The quantitative estimate of drug-likeness (QED) is 0.627. The zero-order chi connectivity index (χ0) is 14.1. The van der Waals surface area contributed by atoms with Crippen LogP contribution in [-0.4, -0.2) is 0 Å². The highest BCUT2D eigenvalue weighted by Crippen LogP contribution is 2.65. The molecule has 2 atom stereocenters. The van der Waals surface area contributed by atoms with Crippen molar-refractivity contribution >= 4 is 10.8 Å². The van der Waals surface area contributed by atoms with Gasteiger partial charge in [0.25, 0.3) is 0 Å². The third-order valence-electron chi connectivity index (χ3n) is 6.72. The van der Waals surface area contributed by atoms with E-state index in [1.54, 1.807) is 5.56 Å². The highest BCUT2D eigenvalue weighted by atomic mass is 14.6. The summed E-state index contributed by atoms with van der Waals surface area (Å²) in [5.74, 6) is 2.01. The summed E-state index contributed by atoms with van der Waals surface area (Å²) in [6.07, 6.45) is 8.86. The normalized spacial score (nSPS) is 40.8. The molecule has 0 saturated heterocycles. The molecule has 0 radical (unpaired) electrons. The largest absolute Gasteiger partial charge is 0.0616 e. The molecule has 0 spiro atoms. The first kappa shape index (κ1) is 12.3. The molecule has 4 bridgehead atoms. The van der Waals surface area contributed by atoms with E-state index in [9.17, 15) is 0 Å². The second-order valence-electron chi connectivity index (χ2n) is 8.61. The van der Waals surface area contributed by atoms with Gasteiger partial charge >= 0.3 is 0 Å². The molecule has 6 rings (SSSR count). The second kappa shape index (κ2) is 3.91. The van der Waals surface area contributed by atoms with Gasteiger partial charge in [0.2, 0.25) is 0 Å². The second-order valence-corrected chi connectivity index (χ2v) is 8.61. The van der Waals surface area contributed by atoms with E-state index in [-0.39, 0.29) is 0 Å². The van der Waals surface area contributed by atoms with Crippen molar-refractivity contribution in [1.29, 1.82) is 0 Å². The van der Waals surface area contributed by atoms with Gasteiger partial charge in [-0.05, 0) is 77.5 Å². The van der Waals surface area contributed by atoms with Gasteiger partial charge in [-0.2, -0.15) is 0 Å². The molecule has 108 valence electrons. The Morgan fingerprint density at radius 3 is 2.29 bits per heavy atom. The Hall–Kier alpha value is -1.30. The molecule has 2 unspecified atom stereocenters. The molecule has 0 amide bonds. The monoisotopic (exact) mass is 276 g/mol. The first-order chi connectivity index (χ1) is 10.1. The predicted molar refractivity (Wildman–Crippen MR) is 88.4 cm³/mol. The van der Waals surface area contributed by atoms with Crippen molar-refractivity contribution in [2.24, 2.45) is 17.3 Å². The standard InChI is InChI=1S/C21H24/c1-20-10-15-8-16(11-20)13-21(12-15,14-20)19-7-6-17-4-2-3-5-18(17)9-19/h2-7,9,15-16H,8,10-14H2,1H3. The van der Waals surface area contributed by atoms with Gasteiger partial charge in [-0.1, -0.05) is 49.4 Å². The molecule has 2 aromatic carbocycles. The molecule has 0 N–H and O–H groups in total. The number of rotatable bonds is 1. The van der Waals surface area contributed by atoms with E-state index < -0.39 is 0 Å². The van der Waals surface area contributed by atoms with Gasteiger partial charge in [-0.25, -0.2) is 0 Å². The zero-order valence-electron chi connectivity index (χ0n) is 12.9. The van der Waals surface area contributed by atoms with Crippen molar-refractivity contribution in [3.05, 3.63) is 48.0 Å². The Kier molecular flexibility index (Phi) is 2.28. The Balaban J connectivity index is 1.64. The molecule has 0 nitrogen and oxygen atoms in total. The molecule has 0 heteroatoms. The van der Waals surface area contributed by atoms with E-state index in [0.717, 1.165) is 11.8 Å². The van der Waals surface area contributed by atoms with Crippen molar-refractivity contribution in [1.82, 2.24) is 0 Å². The summed E-state index contributed by atoms with van der Waals surface area (Å²) in [5, 5.41) is 2.81. The molecular formula is C21H24. The summed E-state index contributed by atoms with van der Waals surface area (Å²) in [7, 11) is 0. The highest BCUT2D eigenvalue weighted by molar-refractivity contribution is 5.83. The van der Waals surface area contributed by atoms with Crippen molar-refractivity contribution in [3.8, 4) is 0 Å². The van der Waals surface area contributed by atoms with E-state index in [1.165, 1.54) is 49.3 Å². The summed E-state index contributed by atoms with van der Waals surface area (Å²) in [5.41, 5.74) is 2.78. The van der Waals surface area contributed by atoms with Crippen LogP contribution in [0.3, 0.4) is 0 Å². The first-order valence-corrected chi connectivity index (χ1v) is 8.64. The number of benzene rings is 2. The molecular weight excluding hydrogens is 252 g/mol. The Morgan fingerprint density at radius 2 is 1.57 bits per heavy atom. The maximum Gasteiger partial charge on any atom is -0.00363 e. The van der Waals surface area contributed by atoms with Crippen LogP contribution >= 0.6 is 0 Å². The predicted octanol–water partition coefficient (Wildman–Crippen LogP) is 5.70. The molecule has 2 aromatic rings. The van der Waals surface area contributed by atoms with Crippen LogP contribution in [0.25, 0.3) is 10.8 Å². The van der Waals surface area contributed by atoms with Crippen molar-refractivity contribution in [2.45, 2.75) is 50.9 Å². The lowest BCUT2D eigenvalue weighted by Crippen LogP contribution is -2.52. The minimum Gasteiger partial charge on any atom is -0.0616 e. The van der Waals surface area contributed by atoms with Crippen molar-refractivity contribution in [3.63, 3.8) is 0 Å². The molecule has 0 aromatic heterocycles. The summed E-state index contributed by atoms with van der Waals surface area (Å²) in [6, 6.07) is 16.1. The molecule has 4 aliphatic rings. The van der Waals surface area contributed by atoms with Crippen molar-refractivity contribution in [2.75, 3.05) is 0 Å². The molecule has 4 aliphatic carbocycles. The molecule has 21 heavy (non-hydrogen) atoms. The fourth-order valence-electron chi connectivity index (χ4n) is 6.58. The number of hydrogen-bond acceptors (Lipinski definition) is 0. The Labute approximate surface area is 127 Å². The Bertz CT molecular complexity index is 697. The molecule has 4 fully saturated rings. The van der Waals surface area contributed by atoms with E-state index in [0.29, 0.717) is 10.8 Å². The molecule has 4 saturated carbocycles. The minimum absolute atomic E-state index is 0.503. The van der Waals surface area contributed by atoms with Gasteiger partial charge in [0, 0.05) is 0 Å². The van der Waals surface area contributed by atoms with Crippen LogP contribution in [0.15, 0.2) is 42.5 Å². The van der Waals surface area contributed by atoms with Gasteiger partial charge < -0.3 is 0 Å². The van der Waals surface area contributed by atoms with Crippen LogP contribution in [0.4, 0.5) is 0 Å². The third-order valence-corrected chi connectivity index (χ3v) is 6.72. The summed E-state index contributed by atoms with van der Waals surface area (Å²) in [6.45, 7) is 2.57. The van der Waals surface area contributed by atoms with E-state index in [1.807, 2.05) is 0 Å². The van der Waals surface area contributed by atoms with Crippen LogP contribution < -0.4 is 0 Å². The van der Waals surface area contributed by atoms with Crippen LogP contribution in [0.5, 0.6) is 0 Å². The van der Waals surface area contributed by atoms with Crippen LogP contribution in [0.2, 0.25) is 0 Å². The van der Waals surface area contributed by atoms with E-state index in [4.69, 9.17) is 0 Å². The SMILES string of the molecule is CC12CC3CC(C1)CC(c1ccc4ccccc4c1)(C3)C2. The lowest BCUT2D eigenvalue weighted by molar-refractivity contribution is -0.0615. The number of fused-ring (bicyclic) bond motifs is 1. The van der Waals surface area contributed by atoms with Gasteiger partial charge in [0.1, 0.15) is 0 Å². The van der Waals surface area contributed by atoms with Crippen LogP contribution in [0, 0.1) is 17.3 Å². The summed E-state index contributed by atoms with van der Waals surface area (Å²) >= 11 is 0. The smallest absolute Gasteiger partial charge is 0.00363 e. The number of hydrogen-bond donors (Lipinski definition) is 0. The van der Waals surface area contributed by atoms with Crippen LogP contribution in [0.1, 0.15) is 51.0 Å². The maximum absolute atomic E-state index is 2.57. The molecule has 0 heterocycles.